The van der Waals surface area contributed by atoms with Crippen LogP contribution in [-0.2, 0) is 6.54 Å². The van der Waals surface area contributed by atoms with Gasteiger partial charge in [-0.1, -0.05) is 46.7 Å². The third-order valence-electron chi connectivity index (χ3n) is 2.62. The van der Waals surface area contributed by atoms with Crippen molar-refractivity contribution < 1.29 is 4.39 Å². The third-order valence-corrected chi connectivity index (χ3v) is 4.20. The van der Waals surface area contributed by atoms with Gasteiger partial charge in [0.2, 0.25) is 0 Å². The molecule has 2 rings (SSSR count). The number of hydrogen-bond donors (Lipinski definition) is 1. The Hall–Kier alpha value is -0.840. The van der Waals surface area contributed by atoms with Crippen LogP contribution in [0.3, 0.4) is 0 Å². The Labute approximate surface area is 125 Å². The summed E-state index contributed by atoms with van der Waals surface area (Å²) in [5.41, 5.74) is 1.22. The Balaban J connectivity index is 2.24. The molecule has 0 fully saturated rings. The van der Waals surface area contributed by atoms with Crippen molar-refractivity contribution >= 4 is 27.7 Å². The van der Waals surface area contributed by atoms with E-state index in [1.165, 1.54) is 11.6 Å². The summed E-state index contributed by atoms with van der Waals surface area (Å²) in [5, 5.41) is 3.32. The summed E-state index contributed by atoms with van der Waals surface area (Å²) in [6, 6.07) is 12.9. The van der Waals surface area contributed by atoms with E-state index in [1.54, 1.807) is 23.9 Å². The fourth-order valence-corrected chi connectivity index (χ4v) is 3.23. The van der Waals surface area contributed by atoms with Crippen LogP contribution in [0, 0.1) is 5.82 Å². The summed E-state index contributed by atoms with van der Waals surface area (Å²) in [7, 11) is 0. The molecule has 0 aliphatic rings. The molecule has 0 bridgehead atoms. The molecule has 0 unspecified atom stereocenters. The molecule has 0 radical (unpaired) electrons. The highest BCUT2D eigenvalue weighted by atomic mass is 79.9. The van der Waals surface area contributed by atoms with Gasteiger partial charge in [-0.25, -0.2) is 4.39 Å². The number of hydrogen-bond acceptors (Lipinski definition) is 2. The van der Waals surface area contributed by atoms with Crippen molar-refractivity contribution in [1.82, 2.24) is 5.32 Å². The first-order valence-electron chi connectivity index (χ1n) is 6.11. The maximum Gasteiger partial charge on any atom is 0.124 e. The predicted octanol–water partition coefficient (Wildman–Crippen LogP) is 4.85. The molecule has 0 aliphatic carbocycles. The van der Waals surface area contributed by atoms with Gasteiger partial charge in [0, 0.05) is 20.8 Å². The summed E-state index contributed by atoms with van der Waals surface area (Å²) in [4.78, 5) is 2.05. The first-order valence-corrected chi connectivity index (χ1v) is 7.72. The number of rotatable bonds is 5. The Morgan fingerprint density at radius 2 is 2.05 bits per heavy atom. The molecular weight excluding hydrogens is 325 g/mol. The number of nitrogens with one attached hydrogen (secondary N) is 1. The molecule has 0 saturated heterocycles. The van der Waals surface area contributed by atoms with Crippen LogP contribution in [-0.4, -0.2) is 6.54 Å². The van der Waals surface area contributed by atoms with E-state index in [9.17, 15) is 4.39 Å². The van der Waals surface area contributed by atoms with E-state index in [2.05, 4.69) is 40.3 Å². The van der Waals surface area contributed by atoms with Crippen LogP contribution in [0.25, 0.3) is 0 Å². The highest BCUT2D eigenvalue weighted by molar-refractivity contribution is 9.10. The van der Waals surface area contributed by atoms with Crippen molar-refractivity contribution in [1.29, 1.82) is 0 Å². The zero-order valence-corrected chi connectivity index (χ0v) is 13.0. The van der Waals surface area contributed by atoms with Crippen molar-refractivity contribution in [2.24, 2.45) is 0 Å². The highest BCUT2D eigenvalue weighted by Gasteiger charge is 2.06. The van der Waals surface area contributed by atoms with Crippen molar-refractivity contribution in [3.05, 3.63) is 58.3 Å². The van der Waals surface area contributed by atoms with E-state index in [-0.39, 0.29) is 5.82 Å². The molecule has 0 amide bonds. The fraction of sp³-hybridized carbons (Fsp3) is 0.200. The summed E-state index contributed by atoms with van der Waals surface area (Å²) < 4.78 is 14.3. The molecule has 100 valence electrons. The van der Waals surface area contributed by atoms with E-state index >= 15 is 0 Å². The first kappa shape index (κ1) is 14.6. The lowest BCUT2D eigenvalue weighted by Gasteiger charge is -2.10. The van der Waals surface area contributed by atoms with Gasteiger partial charge >= 0.3 is 0 Å². The summed E-state index contributed by atoms with van der Waals surface area (Å²) in [6.07, 6.45) is 0. The number of benzene rings is 2. The van der Waals surface area contributed by atoms with E-state index < -0.39 is 0 Å². The molecule has 0 heterocycles. The maximum absolute atomic E-state index is 13.2. The highest BCUT2D eigenvalue weighted by Crippen LogP contribution is 2.32. The second kappa shape index (κ2) is 7.08. The van der Waals surface area contributed by atoms with E-state index in [1.807, 2.05) is 12.1 Å². The predicted molar refractivity (Wildman–Crippen MR) is 82.0 cm³/mol. The second-order valence-corrected chi connectivity index (χ2v) is 6.12. The summed E-state index contributed by atoms with van der Waals surface area (Å²) >= 11 is 5.07. The van der Waals surface area contributed by atoms with Crippen LogP contribution in [0.2, 0.25) is 0 Å². The van der Waals surface area contributed by atoms with Crippen molar-refractivity contribution in [3.63, 3.8) is 0 Å². The van der Waals surface area contributed by atoms with E-state index in [0.29, 0.717) is 0 Å². The molecular formula is C15H15BrFNS. The monoisotopic (exact) mass is 339 g/mol. The molecule has 1 nitrogen and oxygen atoms in total. The lowest BCUT2D eigenvalue weighted by Crippen LogP contribution is -2.12. The van der Waals surface area contributed by atoms with E-state index in [0.717, 1.165) is 27.4 Å². The minimum absolute atomic E-state index is 0.201. The molecule has 2 aromatic carbocycles. The molecule has 19 heavy (non-hydrogen) atoms. The summed E-state index contributed by atoms with van der Waals surface area (Å²) in [5.74, 6) is -0.201. The van der Waals surface area contributed by atoms with Gasteiger partial charge in [-0.3, -0.25) is 0 Å². The molecule has 0 saturated carbocycles. The molecule has 0 aliphatic heterocycles. The molecule has 0 atom stereocenters. The topological polar surface area (TPSA) is 12.0 Å². The Bertz CT molecular complexity index is 560. The largest absolute Gasteiger partial charge is 0.313 e. The number of halogens is 2. The first-order chi connectivity index (χ1) is 9.19. The normalized spacial score (nSPS) is 10.7. The Kier molecular flexibility index (Phi) is 5.43. The van der Waals surface area contributed by atoms with Crippen LogP contribution in [0.5, 0.6) is 0 Å². The average molecular weight is 340 g/mol. The zero-order chi connectivity index (χ0) is 13.7. The second-order valence-electron chi connectivity index (χ2n) is 4.09. The van der Waals surface area contributed by atoms with Crippen LogP contribution in [0.4, 0.5) is 4.39 Å². The van der Waals surface area contributed by atoms with Gasteiger partial charge in [0.05, 0.1) is 0 Å². The van der Waals surface area contributed by atoms with Crippen LogP contribution in [0.15, 0.2) is 56.7 Å². The van der Waals surface area contributed by atoms with Crippen LogP contribution in [0.1, 0.15) is 12.5 Å². The lowest BCUT2D eigenvalue weighted by molar-refractivity contribution is 0.624. The quantitative estimate of drug-likeness (QED) is 0.835. The Morgan fingerprint density at radius 3 is 2.79 bits per heavy atom. The van der Waals surface area contributed by atoms with Crippen molar-refractivity contribution in [2.45, 2.75) is 23.3 Å². The fourth-order valence-electron chi connectivity index (χ4n) is 1.69. The molecule has 2 aromatic rings. The molecule has 0 aromatic heterocycles. The average Bonchev–Trinajstić information content (AvgIpc) is 2.38. The third kappa shape index (κ3) is 4.34. The lowest BCUT2D eigenvalue weighted by atomic mass is 10.2. The van der Waals surface area contributed by atoms with Gasteiger partial charge in [-0.2, -0.15) is 0 Å². The molecule has 1 N–H and O–H groups in total. The van der Waals surface area contributed by atoms with Gasteiger partial charge in [0.25, 0.3) is 0 Å². The van der Waals surface area contributed by atoms with Crippen molar-refractivity contribution in [2.75, 3.05) is 6.54 Å². The standard InChI is InChI=1S/C15H15BrFNS/c1-2-18-10-11-6-7-12(16)8-15(11)19-14-5-3-4-13(17)9-14/h3-9,18H,2,10H2,1H3. The van der Waals surface area contributed by atoms with Crippen LogP contribution >= 0.6 is 27.7 Å². The molecule has 4 heteroatoms. The SMILES string of the molecule is CCNCc1ccc(Br)cc1Sc1cccc(F)c1. The maximum atomic E-state index is 13.2. The van der Waals surface area contributed by atoms with Gasteiger partial charge in [0.15, 0.2) is 0 Å². The summed E-state index contributed by atoms with van der Waals surface area (Å²) in [6.45, 7) is 3.83. The minimum Gasteiger partial charge on any atom is -0.313 e. The minimum atomic E-state index is -0.201. The van der Waals surface area contributed by atoms with Crippen LogP contribution < -0.4 is 5.32 Å². The van der Waals surface area contributed by atoms with Gasteiger partial charge < -0.3 is 5.32 Å². The van der Waals surface area contributed by atoms with Gasteiger partial charge in [-0.15, -0.1) is 0 Å². The smallest absolute Gasteiger partial charge is 0.124 e. The zero-order valence-electron chi connectivity index (χ0n) is 10.6. The Morgan fingerprint density at radius 1 is 1.21 bits per heavy atom. The van der Waals surface area contributed by atoms with Gasteiger partial charge in [0.1, 0.15) is 5.82 Å². The van der Waals surface area contributed by atoms with E-state index in [4.69, 9.17) is 0 Å². The molecule has 0 spiro atoms. The van der Waals surface area contributed by atoms with Crippen molar-refractivity contribution in [3.8, 4) is 0 Å². The van der Waals surface area contributed by atoms with Gasteiger partial charge in [-0.05, 0) is 42.4 Å².